The van der Waals surface area contributed by atoms with Gasteiger partial charge in [0, 0.05) is 0 Å². The van der Waals surface area contributed by atoms with Crippen molar-refractivity contribution in [3.63, 3.8) is 0 Å². The number of rotatable bonds is 10. The van der Waals surface area contributed by atoms with Crippen LogP contribution in [0.3, 0.4) is 0 Å². The van der Waals surface area contributed by atoms with Crippen molar-refractivity contribution in [2.45, 2.75) is 153 Å². The van der Waals surface area contributed by atoms with E-state index in [0.29, 0.717) is 24.4 Å². The molecular weight excluding hydrogens is 521 g/mol. The molecule has 0 amide bonds. The van der Waals surface area contributed by atoms with E-state index in [1.807, 2.05) is 0 Å². The van der Waals surface area contributed by atoms with Crippen LogP contribution in [0.2, 0.25) is 50.4 Å². The summed E-state index contributed by atoms with van der Waals surface area (Å²) < 4.78 is 40.8. The first-order valence-electron chi connectivity index (χ1n) is 15.1. The van der Waals surface area contributed by atoms with Gasteiger partial charge in [0.15, 0.2) is 0 Å². The monoisotopic (exact) mass is 572 g/mol. The summed E-state index contributed by atoms with van der Waals surface area (Å²) in [6.45, 7) is 13.8. The Morgan fingerprint density at radius 3 is 1.47 bits per heavy atom. The van der Waals surface area contributed by atoms with Crippen molar-refractivity contribution < 1.29 is 25.9 Å². The third-order valence-electron chi connectivity index (χ3n) is 9.36. The summed E-state index contributed by atoms with van der Waals surface area (Å²) in [4.78, 5) is 0. The van der Waals surface area contributed by atoms with E-state index in [9.17, 15) is 0 Å². The fourth-order valence-electron chi connectivity index (χ4n) is 7.84. The molecule has 4 saturated heterocycles. The summed E-state index contributed by atoms with van der Waals surface area (Å²) in [5.41, 5.74) is 0. The molecule has 0 aromatic carbocycles. The number of hydrogen-bond donors (Lipinski definition) is 0. The second-order valence-corrected chi connectivity index (χ2v) is 27.7. The van der Waals surface area contributed by atoms with Gasteiger partial charge in [0.25, 0.3) is 0 Å². The van der Waals surface area contributed by atoms with Crippen LogP contribution in [-0.2, 0) is 25.9 Å². The van der Waals surface area contributed by atoms with Crippen LogP contribution >= 0.6 is 0 Å². The third-order valence-corrected chi connectivity index (χ3v) is 28.4. The second-order valence-electron chi connectivity index (χ2n) is 13.4. The van der Waals surface area contributed by atoms with Crippen LogP contribution in [0.15, 0.2) is 0 Å². The van der Waals surface area contributed by atoms with E-state index in [0.717, 1.165) is 48.9 Å². The molecule has 4 aliphatic heterocycles. The lowest BCUT2D eigenvalue weighted by Gasteiger charge is -2.51. The molecule has 7 atom stereocenters. The summed E-state index contributed by atoms with van der Waals surface area (Å²) in [5.74, 6) is 1.51. The van der Waals surface area contributed by atoms with Gasteiger partial charge in [-0.1, -0.05) is 26.7 Å². The molecule has 10 heteroatoms. The highest BCUT2D eigenvalue weighted by Crippen LogP contribution is 2.45. The van der Waals surface area contributed by atoms with Gasteiger partial charge in [-0.3, -0.25) is 0 Å². The molecule has 36 heavy (non-hydrogen) atoms. The predicted octanol–water partition coefficient (Wildman–Crippen LogP) is 7.09. The molecule has 0 N–H and O–H groups in total. The molecular formula is C26H52O6Si4. The summed E-state index contributed by atoms with van der Waals surface area (Å²) >= 11 is 0. The van der Waals surface area contributed by atoms with Crippen LogP contribution < -0.4 is 0 Å². The Hall–Kier alpha value is 0.628. The maximum Gasteiger partial charge on any atom is 0.317 e. The van der Waals surface area contributed by atoms with Gasteiger partial charge in [-0.05, 0) is 114 Å². The average Bonchev–Trinajstić information content (AvgIpc) is 3.54. The van der Waals surface area contributed by atoms with Crippen LogP contribution in [0.25, 0.3) is 0 Å². The van der Waals surface area contributed by atoms with Gasteiger partial charge in [-0.2, -0.15) is 0 Å². The molecule has 6 fully saturated rings. The fraction of sp³-hybridized carbons (Fsp3) is 1.00. The Morgan fingerprint density at radius 1 is 0.528 bits per heavy atom. The maximum absolute atomic E-state index is 7.26. The molecule has 0 aromatic rings. The van der Waals surface area contributed by atoms with E-state index < -0.39 is 34.2 Å². The SMILES string of the molecule is CCC[Si]1(C)O[Si](C)(CCC2CC3CC(C2)O3)O[Si](C)(CCC)O[Si](C)(CCC2CCC3OC3C2)O1. The lowest BCUT2D eigenvalue weighted by Crippen LogP contribution is -2.67. The van der Waals surface area contributed by atoms with Gasteiger partial charge in [0.1, 0.15) is 0 Å². The smallest absolute Gasteiger partial charge is 0.317 e. The van der Waals surface area contributed by atoms with Crippen LogP contribution in [0.5, 0.6) is 0 Å². The van der Waals surface area contributed by atoms with Crippen LogP contribution in [0, 0.1) is 11.8 Å². The van der Waals surface area contributed by atoms with Crippen molar-refractivity contribution in [2.24, 2.45) is 11.8 Å². The number of hydrogen-bond acceptors (Lipinski definition) is 6. The highest BCUT2D eigenvalue weighted by molar-refractivity contribution is 6.93. The first-order chi connectivity index (χ1) is 17.0. The van der Waals surface area contributed by atoms with Gasteiger partial charge in [0.2, 0.25) is 0 Å². The van der Waals surface area contributed by atoms with E-state index in [4.69, 9.17) is 25.9 Å². The maximum atomic E-state index is 7.26. The predicted molar refractivity (Wildman–Crippen MR) is 152 cm³/mol. The van der Waals surface area contributed by atoms with Gasteiger partial charge >= 0.3 is 34.2 Å². The van der Waals surface area contributed by atoms with Gasteiger partial charge in [-0.15, -0.1) is 0 Å². The normalized spacial score (nSPS) is 50.5. The highest BCUT2D eigenvalue weighted by atomic mass is 28.5. The molecule has 0 spiro atoms. The first-order valence-corrected chi connectivity index (χ1v) is 25.2. The number of fused-ring (bicyclic) bond motifs is 3. The quantitative estimate of drug-likeness (QED) is 0.206. The first kappa shape index (κ1) is 28.2. The standard InChI is InChI=1S/C26H52O6Si4/c1-7-13-33(3)29-35(5,15-11-21-9-10-25-26(19-21)28-25)30-34(4,14-8-2)32-36(6,31-33)16-12-22-17-23-20-24(18-22)27-23/h21-26H,7-20H2,1-6H3. The minimum atomic E-state index is -2.44. The zero-order valence-electron chi connectivity index (χ0n) is 23.8. The topological polar surface area (TPSA) is 58.7 Å². The van der Waals surface area contributed by atoms with Crippen molar-refractivity contribution in [1.82, 2.24) is 0 Å². The third kappa shape index (κ3) is 6.85. The van der Waals surface area contributed by atoms with Crippen molar-refractivity contribution in [3.8, 4) is 0 Å². The molecule has 4 heterocycles. The zero-order chi connectivity index (χ0) is 25.6. The van der Waals surface area contributed by atoms with E-state index in [-0.39, 0.29) is 0 Å². The molecule has 6 rings (SSSR count). The summed E-state index contributed by atoms with van der Waals surface area (Å²) in [6, 6.07) is 4.17. The minimum Gasteiger partial charge on any atom is -0.416 e. The second kappa shape index (κ2) is 10.9. The molecule has 7 unspecified atom stereocenters. The lowest BCUT2D eigenvalue weighted by atomic mass is 9.79. The van der Waals surface area contributed by atoms with Crippen LogP contribution in [0.4, 0.5) is 0 Å². The van der Waals surface area contributed by atoms with Gasteiger partial charge in [-0.25, -0.2) is 0 Å². The average molecular weight is 573 g/mol. The van der Waals surface area contributed by atoms with Crippen LogP contribution in [-0.4, -0.2) is 58.7 Å². The Balaban J connectivity index is 1.29. The molecule has 2 saturated carbocycles. The van der Waals surface area contributed by atoms with Crippen molar-refractivity contribution in [2.75, 3.05) is 0 Å². The van der Waals surface area contributed by atoms with Crippen LogP contribution in [0.1, 0.15) is 78.1 Å². The lowest BCUT2D eigenvalue weighted by molar-refractivity contribution is -0.173. The minimum absolute atomic E-state index is 0.516. The molecule has 0 radical (unpaired) electrons. The molecule has 208 valence electrons. The zero-order valence-corrected chi connectivity index (χ0v) is 27.8. The molecule has 6 aliphatic rings. The summed E-state index contributed by atoms with van der Waals surface area (Å²) in [6.07, 6.45) is 14.2. The van der Waals surface area contributed by atoms with E-state index >= 15 is 0 Å². The molecule has 0 aromatic heterocycles. The van der Waals surface area contributed by atoms with E-state index in [1.54, 1.807) is 0 Å². The molecule has 2 bridgehead atoms. The summed E-state index contributed by atoms with van der Waals surface area (Å²) in [5, 5.41) is 0. The molecule has 2 aliphatic carbocycles. The van der Waals surface area contributed by atoms with E-state index in [2.05, 4.69) is 40.0 Å². The number of epoxide rings is 1. The molecule has 6 nitrogen and oxygen atoms in total. The van der Waals surface area contributed by atoms with Crippen molar-refractivity contribution in [3.05, 3.63) is 0 Å². The van der Waals surface area contributed by atoms with Crippen molar-refractivity contribution >= 4 is 34.2 Å². The fourth-order valence-corrected chi connectivity index (χ4v) is 31.6. The van der Waals surface area contributed by atoms with E-state index in [1.165, 1.54) is 51.4 Å². The van der Waals surface area contributed by atoms with Gasteiger partial charge < -0.3 is 25.9 Å². The largest absolute Gasteiger partial charge is 0.416 e. The number of ether oxygens (including phenoxy) is 2. The van der Waals surface area contributed by atoms with Gasteiger partial charge in [0.05, 0.1) is 24.4 Å². The Kier molecular flexibility index (Phi) is 8.52. The Bertz CT molecular complexity index is 701. The summed E-state index contributed by atoms with van der Waals surface area (Å²) in [7, 11) is -9.70. The Labute approximate surface area is 224 Å². The Morgan fingerprint density at radius 2 is 1.00 bits per heavy atom. The highest BCUT2D eigenvalue weighted by Gasteiger charge is 2.56. The van der Waals surface area contributed by atoms with Crippen molar-refractivity contribution in [1.29, 1.82) is 0 Å².